The molecule has 2 rings (SSSR count). The molecule has 1 aliphatic rings. The van der Waals surface area contributed by atoms with Gasteiger partial charge in [0.25, 0.3) is 0 Å². The molecule has 1 fully saturated rings. The van der Waals surface area contributed by atoms with Gasteiger partial charge in [0.05, 0.1) is 5.69 Å². The van der Waals surface area contributed by atoms with Crippen molar-refractivity contribution in [1.82, 2.24) is 15.2 Å². The summed E-state index contributed by atoms with van der Waals surface area (Å²) in [4.78, 5) is 6.59. The lowest BCUT2D eigenvalue weighted by molar-refractivity contribution is 0.106. The van der Waals surface area contributed by atoms with Crippen LogP contribution in [0.3, 0.4) is 0 Å². The number of rotatable bonds is 5. The molecule has 1 unspecified atom stereocenters. The molecular formula is C12H21N3O2. The maximum Gasteiger partial charge on any atom is 0.393 e. The molecule has 2 heterocycles. The number of likely N-dealkylation sites (tertiary alicyclic amines) is 1. The van der Waals surface area contributed by atoms with Crippen LogP contribution in [0, 0.1) is 0 Å². The van der Waals surface area contributed by atoms with Gasteiger partial charge in [-0.05, 0) is 33.5 Å². The van der Waals surface area contributed by atoms with E-state index in [1.54, 1.807) is 6.26 Å². The smallest absolute Gasteiger partial charge is 0.393 e. The zero-order valence-electron chi connectivity index (χ0n) is 10.6. The first kappa shape index (κ1) is 12.4. The lowest BCUT2D eigenvalue weighted by Gasteiger charge is -2.31. The first-order chi connectivity index (χ1) is 8.29. The minimum atomic E-state index is 0.384. The third kappa shape index (κ3) is 3.44. The number of ether oxygens (including phenoxy) is 1. The largest absolute Gasteiger partial charge is 0.449 e. The summed E-state index contributed by atoms with van der Waals surface area (Å²) in [6.07, 6.45) is 5.79. The van der Waals surface area contributed by atoms with Crippen LogP contribution in [-0.4, -0.2) is 43.2 Å². The highest BCUT2D eigenvalue weighted by atomic mass is 16.6. The number of oxazole rings is 1. The monoisotopic (exact) mass is 239 g/mol. The van der Waals surface area contributed by atoms with Crippen molar-refractivity contribution in [3.63, 3.8) is 0 Å². The Labute approximate surface area is 102 Å². The van der Waals surface area contributed by atoms with Crippen molar-refractivity contribution in [3.8, 4) is 6.08 Å². The Balaban J connectivity index is 1.79. The Morgan fingerprint density at radius 2 is 2.47 bits per heavy atom. The van der Waals surface area contributed by atoms with E-state index in [9.17, 15) is 0 Å². The van der Waals surface area contributed by atoms with E-state index in [0.717, 1.165) is 12.2 Å². The minimum Gasteiger partial charge on any atom is -0.449 e. The number of nitrogens with zero attached hydrogens (tertiary/aromatic N) is 2. The molecule has 0 bridgehead atoms. The summed E-state index contributed by atoms with van der Waals surface area (Å²) in [6, 6.07) is 0.489. The van der Waals surface area contributed by atoms with Gasteiger partial charge in [0.15, 0.2) is 0 Å². The summed E-state index contributed by atoms with van der Waals surface area (Å²) < 4.78 is 10.8. The van der Waals surface area contributed by atoms with Crippen LogP contribution in [0.5, 0.6) is 6.08 Å². The molecule has 1 aromatic heterocycles. The Morgan fingerprint density at radius 1 is 1.59 bits per heavy atom. The van der Waals surface area contributed by atoms with Crippen molar-refractivity contribution in [2.45, 2.75) is 31.8 Å². The molecule has 0 amide bonds. The highest BCUT2D eigenvalue weighted by molar-refractivity contribution is 4.99. The Hall–Kier alpha value is -1.07. The molecule has 1 N–H and O–H groups in total. The average molecular weight is 239 g/mol. The normalized spacial score (nSPS) is 21.6. The summed E-state index contributed by atoms with van der Waals surface area (Å²) >= 11 is 0. The van der Waals surface area contributed by atoms with E-state index in [4.69, 9.17) is 9.15 Å². The second-order valence-corrected chi connectivity index (χ2v) is 4.58. The third-order valence-corrected chi connectivity index (χ3v) is 3.21. The van der Waals surface area contributed by atoms with Crippen molar-refractivity contribution in [2.24, 2.45) is 0 Å². The van der Waals surface area contributed by atoms with Gasteiger partial charge in [-0.25, -0.2) is 0 Å². The predicted molar refractivity (Wildman–Crippen MR) is 65.0 cm³/mol. The number of nitrogens with one attached hydrogen (secondary N) is 1. The van der Waals surface area contributed by atoms with Crippen LogP contribution in [0.15, 0.2) is 10.7 Å². The van der Waals surface area contributed by atoms with Crippen LogP contribution < -0.4 is 10.1 Å². The molecule has 0 radical (unpaired) electrons. The molecule has 1 atom stereocenters. The number of aromatic nitrogens is 1. The van der Waals surface area contributed by atoms with Crippen molar-refractivity contribution < 1.29 is 9.15 Å². The zero-order valence-corrected chi connectivity index (χ0v) is 10.6. The summed E-state index contributed by atoms with van der Waals surface area (Å²) in [5.41, 5.74) is 0.875. The molecule has 0 aliphatic carbocycles. The van der Waals surface area contributed by atoms with E-state index >= 15 is 0 Å². The zero-order chi connectivity index (χ0) is 12.1. The van der Waals surface area contributed by atoms with Crippen molar-refractivity contribution in [2.75, 3.05) is 27.2 Å². The topological polar surface area (TPSA) is 50.5 Å². The molecule has 0 aromatic carbocycles. The Kier molecular flexibility index (Phi) is 4.39. The molecule has 96 valence electrons. The van der Waals surface area contributed by atoms with E-state index < -0.39 is 0 Å². The minimum absolute atomic E-state index is 0.384. The molecule has 17 heavy (non-hydrogen) atoms. The molecule has 5 heteroatoms. The van der Waals surface area contributed by atoms with Crippen molar-refractivity contribution >= 4 is 0 Å². The van der Waals surface area contributed by atoms with E-state index in [1.807, 2.05) is 7.05 Å². The Bertz CT molecular complexity index is 340. The molecule has 1 aromatic rings. The number of piperidine rings is 1. The van der Waals surface area contributed by atoms with Crippen molar-refractivity contribution in [3.05, 3.63) is 12.0 Å². The number of hydrogen-bond acceptors (Lipinski definition) is 5. The third-order valence-electron chi connectivity index (χ3n) is 3.21. The number of likely N-dealkylation sites (N-methyl/N-ethyl adjacent to an activating group) is 1. The molecule has 0 saturated carbocycles. The van der Waals surface area contributed by atoms with Gasteiger partial charge in [0.1, 0.15) is 12.9 Å². The fraction of sp³-hybridized carbons (Fsp3) is 0.750. The fourth-order valence-electron chi connectivity index (χ4n) is 2.14. The SMILES string of the molecule is CNCc1coc(OCC2CCCCN2C)n1. The highest BCUT2D eigenvalue weighted by Gasteiger charge is 2.20. The molecule has 1 aliphatic heterocycles. The van der Waals surface area contributed by atoms with Crippen molar-refractivity contribution in [1.29, 1.82) is 0 Å². The van der Waals surface area contributed by atoms with Crippen LogP contribution in [0.25, 0.3) is 0 Å². The lowest BCUT2D eigenvalue weighted by atomic mass is 10.0. The predicted octanol–water partition coefficient (Wildman–Crippen LogP) is 1.26. The highest BCUT2D eigenvalue weighted by Crippen LogP contribution is 2.17. The fourth-order valence-corrected chi connectivity index (χ4v) is 2.14. The number of hydrogen-bond donors (Lipinski definition) is 1. The van der Waals surface area contributed by atoms with Crippen LogP contribution in [0.1, 0.15) is 25.0 Å². The van der Waals surface area contributed by atoms with Gasteiger partial charge >= 0.3 is 6.08 Å². The summed E-state index contributed by atoms with van der Waals surface area (Å²) in [6.45, 7) is 2.52. The average Bonchev–Trinajstić information content (AvgIpc) is 2.76. The van der Waals surface area contributed by atoms with Gasteiger partial charge in [-0.15, -0.1) is 0 Å². The molecular weight excluding hydrogens is 218 g/mol. The van der Waals surface area contributed by atoms with Gasteiger partial charge in [0, 0.05) is 12.6 Å². The molecule has 1 saturated heterocycles. The van der Waals surface area contributed by atoms with Gasteiger partial charge in [-0.1, -0.05) is 6.42 Å². The van der Waals surface area contributed by atoms with Crippen LogP contribution in [0.2, 0.25) is 0 Å². The maximum atomic E-state index is 5.60. The van der Waals surface area contributed by atoms with E-state index in [-0.39, 0.29) is 0 Å². The summed E-state index contributed by atoms with van der Waals surface area (Å²) in [7, 11) is 4.03. The molecule has 5 nitrogen and oxygen atoms in total. The van der Waals surface area contributed by atoms with Gasteiger partial charge in [0.2, 0.25) is 0 Å². The second kappa shape index (κ2) is 6.02. The first-order valence-electron chi connectivity index (χ1n) is 6.21. The summed E-state index contributed by atoms with van der Waals surface area (Å²) in [5, 5.41) is 3.02. The van der Waals surface area contributed by atoms with Gasteiger partial charge in [-0.2, -0.15) is 4.98 Å². The van der Waals surface area contributed by atoms with Crippen LogP contribution in [-0.2, 0) is 6.54 Å². The molecule has 0 spiro atoms. The van der Waals surface area contributed by atoms with E-state index in [1.165, 1.54) is 19.3 Å². The maximum absolute atomic E-state index is 5.60. The second-order valence-electron chi connectivity index (χ2n) is 4.58. The van der Waals surface area contributed by atoms with Gasteiger partial charge in [-0.3, -0.25) is 0 Å². The van der Waals surface area contributed by atoms with Crippen LogP contribution >= 0.6 is 0 Å². The lowest BCUT2D eigenvalue weighted by Crippen LogP contribution is -2.40. The quantitative estimate of drug-likeness (QED) is 0.838. The summed E-state index contributed by atoms with van der Waals surface area (Å²) in [5.74, 6) is 0. The standard InChI is InChI=1S/C12H21N3O2/c1-13-7-10-8-16-12(14-10)17-9-11-5-3-4-6-15(11)2/h8,11,13H,3-7,9H2,1-2H3. The van der Waals surface area contributed by atoms with Gasteiger partial charge < -0.3 is 19.4 Å². The first-order valence-corrected chi connectivity index (χ1v) is 6.21. The Morgan fingerprint density at radius 3 is 3.24 bits per heavy atom. The van der Waals surface area contributed by atoms with E-state index in [0.29, 0.717) is 25.3 Å². The van der Waals surface area contributed by atoms with E-state index in [2.05, 4.69) is 22.2 Å². The van der Waals surface area contributed by atoms with Crippen LogP contribution in [0.4, 0.5) is 0 Å².